The zero-order valence-corrected chi connectivity index (χ0v) is 12.0. The Morgan fingerprint density at radius 1 is 1.47 bits per heavy atom. The van der Waals surface area contributed by atoms with Crippen molar-refractivity contribution in [3.8, 4) is 5.75 Å². The number of ether oxygens (including phenoxy) is 1. The summed E-state index contributed by atoms with van der Waals surface area (Å²) in [6, 6.07) is 7.16. The minimum absolute atomic E-state index is 0.0375. The SMILES string of the molecule is COc1cccc(C(=O)N(C)Cc2csc(C)n2)c1. The first-order chi connectivity index (χ1) is 9.10. The van der Waals surface area contributed by atoms with E-state index in [-0.39, 0.29) is 5.91 Å². The molecule has 0 spiro atoms. The van der Waals surface area contributed by atoms with Crippen LogP contribution in [0, 0.1) is 6.92 Å². The Kier molecular flexibility index (Phi) is 4.16. The van der Waals surface area contributed by atoms with Gasteiger partial charge in [-0.1, -0.05) is 6.07 Å². The fourth-order valence-electron chi connectivity index (χ4n) is 1.77. The summed E-state index contributed by atoms with van der Waals surface area (Å²) in [7, 11) is 3.36. The van der Waals surface area contributed by atoms with Crippen LogP contribution in [0.4, 0.5) is 0 Å². The third kappa shape index (κ3) is 3.32. The second-order valence-electron chi connectivity index (χ2n) is 4.25. The molecule has 0 aliphatic carbocycles. The molecule has 100 valence electrons. The van der Waals surface area contributed by atoms with Gasteiger partial charge in [0, 0.05) is 18.0 Å². The third-order valence-corrected chi connectivity index (χ3v) is 3.55. The molecule has 2 rings (SSSR count). The van der Waals surface area contributed by atoms with E-state index in [2.05, 4.69) is 4.98 Å². The fourth-order valence-corrected chi connectivity index (χ4v) is 2.38. The van der Waals surface area contributed by atoms with Crippen LogP contribution in [-0.2, 0) is 6.54 Å². The quantitative estimate of drug-likeness (QED) is 0.862. The van der Waals surface area contributed by atoms with Crippen molar-refractivity contribution in [3.05, 3.63) is 45.9 Å². The molecule has 1 aromatic carbocycles. The molecule has 19 heavy (non-hydrogen) atoms. The lowest BCUT2D eigenvalue weighted by Crippen LogP contribution is -2.26. The first-order valence-corrected chi connectivity index (χ1v) is 6.78. The number of aromatic nitrogens is 1. The summed E-state index contributed by atoms with van der Waals surface area (Å²) >= 11 is 1.59. The van der Waals surface area contributed by atoms with Gasteiger partial charge in [0.2, 0.25) is 0 Å². The summed E-state index contributed by atoms with van der Waals surface area (Å²) in [6.45, 7) is 2.47. The van der Waals surface area contributed by atoms with E-state index in [1.54, 1.807) is 42.5 Å². The maximum Gasteiger partial charge on any atom is 0.254 e. The van der Waals surface area contributed by atoms with Crippen LogP contribution >= 0.6 is 11.3 Å². The number of thiazole rings is 1. The molecule has 0 aliphatic heterocycles. The van der Waals surface area contributed by atoms with Crippen LogP contribution in [0.25, 0.3) is 0 Å². The van der Waals surface area contributed by atoms with Crippen molar-refractivity contribution in [1.82, 2.24) is 9.88 Å². The highest BCUT2D eigenvalue weighted by Gasteiger charge is 2.13. The predicted molar refractivity (Wildman–Crippen MR) is 75.6 cm³/mol. The number of carbonyl (C=O) groups excluding carboxylic acids is 1. The van der Waals surface area contributed by atoms with Crippen molar-refractivity contribution >= 4 is 17.2 Å². The molecular weight excluding hydrogens is 260 g/mol. The second kappa shape index (κ2) is 5.84. The average molecular weight is 276 g/mol. The summed E-state index contributed by atoms with van der Waals surface area (Å²) in [6.07, 6.45) is 0. The lowest BCUT2D eigenvalue weighted by Gasteiger charge is -2.16. The van der Waals surface area contributed by atoms with Crippen molar-refractivity contribution < 1.29 is 9.53 Å². The summed E-state index contributed by atoms with van der Waals surface area (Å²) < 4.78 is 5.12. The van der Waals surface area contributed by atoms with Gasteiger partial charge in [-0.3, -0.25) is 4.79 Å². The Morgan fingerprint density at radius 2 is 2.26 bits per heavy atom. The molecule has 1 amide bonds. The highest BCUT2D eigenvalue weighted by molar-refractivity contribution is 7.09. The molecule has 0 unspecified atom stereocenters. The Balaban J connectivity index is 2.09. The van der Waals surface area contributed by atoms with Crippen LogP contribution < -0.4 is 4.74 Å². The number of methoxy groups -OCH3 is 1. The van der Waals surface area contributed by atoms with Crippen LogP contribution in [-0.4, -0.2) is 29.9 Å². The van der Waals surface area contributed by atoms with E-state index in [4.69, 9.17) is 4.74 Å². The van der Waals surface area contributed by atoms with Crippen molar-refractivity contribution in [2.75, 3.05) is 14.2 Å². The Bertz CT molecular complexity index is 580. The molecule has 1 aromatic heterocycles. The number of hydrogen-bond acceptors (Lipinski definition) is 4. The average Bonchev–Trinajstić information content (AvgIpc) is 2.83. The molecule has 0 saturated carbocycles. The van der Waals surface area contributed by atoms with Gasteiger partial charge < -0.3 is 9.64 Å². The van der Waals surface area contributed by atoms with Gasteiger partial charge in [0.05, 0.1) is 24.4 Å². The first-order valence-electron chi connectivity index (χ1n) is 5.90. The van der Waals surface area contributed by atoms with Gasteiger partial charge in [-0.05, 0) is 25.1 Å². The molecule has 0 radical (unpaired) electrons. The maximum absolute atomic E-state index is 12.3. The van der Waals surface area contributed by atoms with Gasteiger partial charge in [0.25, 0.3) is 5.91 Å². The molecule has 0 saturated heterocycles. The van der Waals surface area contributed by atoms with E-state index in [9.17, 15) is 4.79 Å². The molecule has 0 aliphatic rings. The van der Waals surface area contributed by atoms with Gasteiger partial charge in [0.15, 0.2) is 0 Å². The van der Waals surface area contributed by atoms with Gasteiger partial charge in [-0.15, -0.1) is 11.3 Å². The van der Waals surface area contributed by atoms with Gasteiger partial charge in [0.1, 0.15) is 5.75 Å². The summed E-state index contributed by atoms with van der Waals surface area (Å²) in [5.41, 5.74) is 1.54. The highest BCUT2D eigenvalue weighted by atomic mass is 32.1. The van der Waals surface area contributed by atoms with E-state index >= 15 is 0 Å². The van der Waals surface area contributed by atoms with Crippen LogP contribution in [0.1, 0.15) is 21.1 Å². The largest absolute Gasteiger partial charge is 0.497 e. The highest BCUT2D eigenvalue weighted by Crippen LogP contribution is 2.15. The molecular formula is C14H16N2O2S. The van der Waals surface area contributed by atoms with E-state index < -0.39 is 0 Å². The van der Waals surface area contributed by atoms with E-state index in [0.717, 1.165) is 10.7 Å². The number of amides is 1. The predicted octanol–water partition coefficient (Wildman–Crippen LogP) is 2.73. The lowest BCUT2D eigenvalue weighted by molar-refractivity contribution is 0.0783. The maximum atomic E-state index is 12.3. The number of benzene rings is 1. The summed E-state index contributed by atoms with van der Waals surface area (Å²) in [5, 5.41) is 2.99. The standard InChI is InChI=1S/C14H16N2O2S/c1-10-15-12(9-19-10)8-16(2)14(17)11-5-4-6-13(7-11)18-3/h4-7,9H,8H2,1-3H3. The Morgan fingerprint density at radius 3 is 2.89 bits per heavy atom. The first kappa shape index (κ1) is 13.5. The van der Waals surface area contributed by atoms with Crippen molar-refractivity contribution in [1.29, 1.82) is 0 Å². The smallest absolute Gasteiger partial charge is 0.254 e. The van der Waals surface area contributed by atoms with Crippen molar-refractivity contribution in [2.45, 2.75) is 13.5 Å². The molecule has 0 fully saturated rings. The Labute approximate surface area is 116 Å². The van der Waals surface area contributed by atoms with Gasteiger partial charge in [-0.2, -0.15) is 0 Å². The third-order valence-electron chi connectivity index (χ3n) is 2.73. The molecule has 0 bridgehead atoms. The molecule has 0 N–H and O–H groups in total. The normalized spacial score (nSPS) is 10.3. The zero-order chi connectivity index (χ0) is 13.8. The zero-order valence-electron chi connectivity index (χ0n) is 11.2. The van der Waals surface area contributed by atoms with Crippen LogP contribution in [0.5, 0.6) is 5.75 Å². The van der Waals surface area contributed by atoms with E-state index in [1.807, 2.05) is 24.4 Å². The minimum Gasteiger partial charge on any atom is -0.497 e. The van der Waals surface area contributed by atoms with Crippen LogP contribution in [0.2, 0.25) is 0 Å². The number of nitrogens with zero attached hydrogens (tertiary/aromatic N) is 2. The summed E-state index contributed by atoms with van der Waals surface area (Å²) in [4.78, 5) is 18.3. The number of rotatable bonds is 4. The Hall–Kier alpha value is -1.88. The fraction of sp³-hybridized carbons (Fsp3) is 0.286. The van der Waals surface area contributed by atoms with Crippen molar-refractivity contribution in [2.24, 2.45) is 0 Å². The van der Waals surface area contributed by atoms with E-state index in [0.29, 0.717) is 17.9 Å². The number of aryl methyl sites for hydroxylation is 1. The van der Waals surface area contributed by atoms with Gasteiger partial charge in [-0.25, -0.2) is 4.98 Å². The monoisotopic (exact) mass is 276 g/mol. The van der Waals surface area contributed by atoms with Crippen molar-refractivity contribution in [3.63, 3.8) is 0 Å². The summed E-state index contributed by atoms with van der Waals surface area (Å²) in [5.74, 6) is 0.647. The molecule has 2 aromatic rings. The molecule has 0 atom stereocenters. The van der Waals surface area contributed by atoms with Crippen LogP contribution in [0.3, 0.4) is 0 Å². The molecule has 5 heteroatoms. The number of hydrogen-bond donors (Lipinski definition) is 0. The van der Waals surface area contributed by atoms with E-state index in [1.165, 1.54) is 0 Å². The van der Waals surface area contributed by atoms with Gasteiger partial charge >= 0.3 is 0 Å². The molecule has 4 nitrogen and oxygen atoms in total. The molecule has 1 heterocycles. The van der Waals surface area contributed by atoms with Crippen LogP contribution in [0.15, 0.2) is 29.6 Å². The topological polar surface area (TPSA) is 42.4 Å². The second-order valence-corrected chi connectivity index (χ2v) is 5.31. The number of carbonyl (C=O) groups is 1. The lowest BCUT2D eigenvalue weighted by atomic mass is 10.2. The minimum atomic E-state index is -0.0375.